The summed E-state index contributed by atoms with van der Waals surface area (Å²) >= 11 is 0. The van der Waals surface area contributed by atoms with Gasteiger partial charge in [0, 0.05) is 31.7 Å². The SMILES string of the molecule is CCNC(=NCC1CCCO1)NCCc1coc(-c2ccc(C)cc2)n1.I. The Morgan fingerprint density at radius 2 is 2.07 bits per heavy atom. The summed E-state index contributed by atoms with van der Waals surface area (Å²) < 4.78 is 11.2. The Kier molecular flexibility index (Phi) is 9.06. The molecule has 1 fully saturated rings. The van der Waals surface area contributed by atoms with Gasteiger partial charge in [-0.25, -0.2) is 4.98 Å². The lowest BCUT2D eigenvalue weighted by Crippen LogP contribution is -2.39. The topological polar surface area (TPSA) is 71.7 Å². The molecule has 1 aliphatic rings. The van der Waals surface area contributed by atoms with Crippen molar-refractivity contribution in [1.82, 2.24) is 15.6 Å². The van der Waals surface area contributed by atoms with Crippen LogP contribution in [0, 0.1) is 6.92 Å². The lowest BCUT2D eigenvalue weighted by molar-refractivity contribution is 0.117. The lowest BCUT2D eigenvalue weighted by Gasteiger charge is -2.12. The van der Waals surface area contributed by atoms with E-state index in [-0.39, 0.29) is 30.1 Å². The van der Waals surface area contributed by atoms with Gasteiger partial charge >= 0.3 is 0 Å². The van der Waals surface area contributed by atoms with Crippen LogP contribution in [0.25, 0.3) is 11.5 Å². The van der Waals surface area contributed by atoms with Crippen LogP contribution in [0.4, 0.5) is 0 Å². The van der Waals surface area contributed by atoms with Crippen molar-refractivity contribution in [2.24, 2.45) is 4.99 Å². The van der Waals surface area contributed by atoms with Crippen molar-refractivity contribution in [2.75, 3.05) is 26.2 Å². The molecule has 2 aromatic rings. The summed E-state index contributed by atoms with van der Waals surface area (Å²) in [5.74, 6) is 1.49. The van der Waals surface area contributed by atoms with Crippen molar-refractivity contribution in [3.8, 4) is 11.5 Å². The first-order valence-electron chi connectivity index (χ1n) is 9.40. The molecular formula is C20H29IN4O2. The van der Waals surface area contributed by atoms with Crippen molar-refractivity contribution < 1.29 is 9.15 Å². The summed E-state index contributed by atoms with van der Waals surface area (Å²) in [5.41, 5.74) is 3.16. The zero-order chi connectivity index (χ0) is 18.2. The van der Waals surface area contributed by atoms with E-state index in [4.69, 9.17) is 9.15 Å². The fraction of sp³-hybridized carbons (Fsp3) is 0.500. The van der Waals surface area contributed by atoms with Gasteiger partial charge in [-0.15, -0.1) is 24.0 Å². The first kappa shape index (κ1) is 21.7. The molecule has 27 heavy (non-hydrogen) atoms. The normalized spacial score (nSPS) is 16.8. The van der Waals surface area contributed by atoms with E-state index >= 15 is 0 Å². The van der Waals surface area contributed by atoms with E-state index in [1.165, 1.54) is 5.56 Å². The highest BCUT2D eigenvalue weighted by atomic mass is 127. The Hall–Kier alpha value is -1.61. The smallest absolute Gasteiger partial charge is 0.226 e. The summed E-state index contributed by atoms with van der Waals surface area (Å²) in [6.45, 7) is 7.28. The van der Waals surface area contributed by atoms with Crippen LogP contribution in [-0.2, 0) is 11.2 Å². The van der Waals surface area contributed by atoms with Crippen LogP contribution in [-0.4, -0.2) is 43.3 Å². The lowest BCUT2D eigenvalue weighted by atomic mass is 10.1. The number of halogens is 1. The molecule has 7 heteroatoms. The maximum absolute atomic E-state index is 5.62. The number of rotatable bonds is 7. The average Bonchev–Trinajstić information content (AvgIpc) is 3.32. The van der Waals surface area contributed by atoms with Crippen LogP contribution < -0.4 is 10.6 Å². The first-order chi connectivity index (χ1) is 12.7. The number of guanidine groups is 1. The molecule has 1 aromatic heterocycles. The van der Waals surface area contributed by atoms with E-state index in [0.717, 1.165) is 56.2 Å². The summed E-state index contributed by atoms with van der Waals surface area (Å²) in [4.78, 5) is 9.19. The van der Waals surface area contributed by atoms with E-state index in [9.17, 15) is 0 Å². The number of ether oxygens (including phenoxy) is 1. The molecule has 2 heterocycles. The highest BCUT2D eigenvalue weighted by Gasteiger charge is 2.15. The zero-order valence-electron chi connectivity index (χ0n) is 16.0. The second kappa shape index (κ2) is 11.3. The molecule has 0 aliphatic carbocycles. The second-order valence-electron chi connectivity index (χ2n) is 6.54. The minimum Gasteiger partial charge on any atom is -0.444 e. The number of hydrogen-bond acceptors (Lipinski definition) is 4. The number of aromatic nitrogens is 1. The molecule has 1 aliphatic heterocycles. The fourth-order valence-corrected chi connectivity index (χ4v) is 2.88. The highest BCUT2D eigenvalue weighted by Crippen LogP contribution is 2.19. The number of nitrogens with one attached hydrogen (secondary N) is 2. The van der Waals surface area contributed by atoms with Crippen LogP contribution in [0.15, 0.2) is 39.9 Å². The largest absolute Gasteiger partial charge is 0.444 e. The van der Waals surface area contributed by atoms with E-state index < -0.39 is 0 Å². The van der Waals surface area contributed by atoms with Gasteiger partial charge in [0.25, 0.3) is 0 Å². The Labute approximate surface area is 178 Å². The van der Waals surface area contributed by atoms with Crippen LogP contribution in [0.5, 0.6) is 0 Å². The molecule has 1 aromatic carbocycles. The summed E-state index contributed by atoms with van der Waals surface area (Å²) in [7, 11) is 0. The molecule has 0 saturated carbocycles. The van der Waals surface area contributed by atoms with Gasteiger partial charge in [0.1, 0.15) is 6.26 Å². The van der Waals surface area contributed by atoms with Gasteiger partial charge in [-0.05, 0) is 38.8 Å². The molecule has 0 spiro atoms. The molecule has 1 unspecified atom stereocenters. The quantitative estimate of drug-likeness (QED) is 0.358. The standard InChI is InChI=1S/C20H28N4O2.HI/c1-3-21-20(23-13-18-5-4-12-25-18)22-11-10-17-14-26-19(24-17)16-8-6-15(2)7-9-16;/h6-9,14,18H,3-5,10-13H2,1-2H3,(H2,21,22,23);1H. The fourth-order valence-electron chi connectivity index (χ4n) is 2.88. The predicted molar refractivity (Wildman–Crippen MR) is 119 cm³/mol. The van der Waals surface area contributed by atoms with Crippen molar-refractivity contribution in [3.63, 3.8) is 0 Å². The Morgan fingerprint density at radius 3 is 2.78 bits per heavy atom. The summed E-state index contributed by atoms with van der Waals surface area (Å²) in [5, 5.41) is 6.62. The molecular weight excluding hydrogens is 455 g/mol. The van der Waals surface area contributed by atoms with Crippen LogP contribution in [0.3, 0.4) is 0 Å². The third-order valence-corrected chi connectivity index (χ3v) is 4.35. The Morgan fingerprint density at radius 1 is 1.26 bits per heavy atom. The number of aryl methyl sites for hydroxylation is 1. The molecule has 2 N–H and O–H groups in total. The third-order valence-electron chi connectivity index (χ3n) is 4.35. The Bertz CT molecular complexity index is 709. The monoisotopic (exact) mass is 484 g/mol. The van der Waals surface area contributed by atoms with Gasteiger partial charge in [0.15, 0.2) is 5.96 Å². The molecule has 148 valence electrons. The highest BCUT2D eigenvalue weighted by molar-refractivity contribution is 14.0. The van der Waals surface area contributed by atoms with E-state index in [1.807, 2.05) is 12.1 Å². The number of aliphatic imine (C=N–C) groups is 1. The van der Waals surface area contributed by atoms with Gasteiger partial charge in [-0.1, -0.05) is 17.7 Å². The number of oxazole rings is 1. The van der Waals surface area contributed by atoms with Crippen molar-refractivity contribution in [2.45, 2.75) is 39.2 Å². The van der Waals surface area contributed by atoms with Crippen LogP contribution in [0.1, 0.15) is 31.0 Å². The van der Waals surface area contributed by atoms with Gasteiger partial charge < -0.3 is 19.8 Å². The maximum atomic E-state index is 5.62. The van der Waals surface area contributed by atoms with E-state index in [2.05, 4.69) is 46.6 Å². The number of benzene rings is 1. The third kappa shape index (κ3) is 6.80. The maximum Gasteiger partial charge on any atom is 0.226 e. The molecule has 0 radical (unpaired) electrons. The second-order valence-corrected chi connectivity index (χ2v) is 6.54. The molecule has 0 bridgehead atoms. The van der Waals surface area contributed by atoms with Crippen LogP contribution >= 0.6 is 24.0 Å². The minimum absolute atomic E-state index is 0. The molecule has 6 nitrogen and oxygen atoms in total. The molecule has 1 saturated heterocycles. The van der Waals surface area contributed by atoms with Crippen molar-refractivity contribution in [3.05, 3.63) is 41.8 Å². The number of nitrogens with zero attached hydrogens (tertiary/aromatic N) is 2. The first-order valence-corrected chi connectivity index (χ1v) is 9.40. The van der Waals surface area contributed by atoms with E-state index in [1.54, 1.807) is 6.26 Å². The Balaban J connectivity index is 0.00000261. The average molecular weight is 484 g/mol. The van der Waals surface area contributed by atoms with E-state index in [0.29, 0.717) is 12.4 Å². The van der Waals surface area contributed by atoms with Gasteiger partial charge in [-0.2, -0.15) is 0 Å². The number of hydrogen-bond donors (Lipinski definition) is 2. The van der Waals surface area contributed by atoms with Gasteiger partial charge in [0.05, 0.1) is 18.3 Å². The predicted octanol–water partition coefficient (Wildman–Crippen LogP) is 3.54. The van der Waals surface area contributed by atoms with Crippen molar-refractivity contribution >= 4 is 29.9 Å². The molecule has 0 amide bonds. The molecule has 1 atom stereocenters. The zero-order valence-corrected chi connectivity index (χ0v) is 18.4. The molecule has 3 rings (SSSR count). The van der Waals surface area contributed by atoms with Crippen LogP contribution in [0.2, 0.25) is 0 Å². The van der Waals surface area contributed by atoms with Crippen molar-refractivity contribution in [1.29, 1.82) is 0 Å². The van der Waals surface area contributed by atoms with Gasteiger partial charge in [0.2, 0.25) is 5.89 Å². The summed E-state index contributed by atoms with van der Waals surface area (Å²) in [6, 6.07) is 8.19. The summed E-state index contributed by atoms with van der Waals surface area (Å²) in [6.07, 6.45) is 5.01. The minimum atomic E-state index is 0. The van der Waals surface area contributed by atoms with Gasteiger partial charge in [-0.3, -0.25) is 4.99 Å².